The lowest BCUT2D eigenvalue weighted by Crippen LogP contribution is -2.34. The van der Waals surface area contributed by atoms with Crippen LogP contribution < -0.4 is 10.0 Å². The predicted molar refractivity (Wildman–Crippen MR) is 77.8 cm³/mol. The van der Waals surface area contributed by atoms with Gasteiger partial charge in [-0.25, -0.2) is 4.39 Å². The molecule has 0 radical (unpaired) electrons. The molecule has 0 aliphatic heterocycles. The lowest BCUT2D eigenvalue weighted by molar-refractivity contribution is 0.570. The van der Waals surface area contributed by atoms with Gasteiger partial charge in [-0.05, 0) is 37.2 Å². The molecule has 0 spiro atoms. The fraction of sp³-hybridized carbons (Fsp3) is 0.308. The van der Waals surface area contributed by atoms with Crippen molar-refractivity contribution in [3.05, 3.63) is 42.3 Å². The second kappa shape index (κ2) is 6.23. The number of aromatic nitrogens is 2. The molecule has 1 aromatic carbocycles. The normalized spacial score (nSPS) is 11.6. The Morgan fingerprint density at radius 2 is 2.14 bits per heavy atom. The van der Waals surface area contributed by atoms with Gasteiger partial charge >= 0.3 is 0 Å². The Morgan fingerprint density at radius 1 is 1.38 bits per heavy atom. The number of halogens is 1. The van der Waals surface area contributed by atoms with E-state index in [0.29, 0.717) is 13.0 Å². The van der Waals surface area contributed by atoms with E-state index in [0.717, 1.165) is 4.31 Å². The molecule has 2 aromatic rings. The van der Waals surface area contributed by atoms with Crippen molar-refractivity contribution in [1.29, 1.82) is 0 Å². The van der Waals surface area contributed by atoms with Crippen molar-refractivity contribution in [3.8, 4) is 0 Å². The number of sulfonamides is 1. The molecule has 8 heteroatoms. The first-order valence-electron chi connectivity index (χ1n) is 6.43. The van der Waals surface area contributed by atoms with E-state index in [1.54, 1.807) is 13.1 Å². The van der Waals surface area contributed by atoms with Crippen molar-refractivity contribution in [3.63, 3.8) is 0 Å². The van der Waals surface area contributed by atoms with Gasteiger partial charge in [-0.1, -0.05) is 6.07 Å². The van der Waals surface area contributed by atoms with E-state index in [-0.39, 0.29) is 17.3 Å². The van der Waals surface area contributed by atoms with Gasteiger partial charge in [0, 0.05) is 13.6 Å². The Labute approximate surface area is 123 Å². The predicted octanol–water partition coefficient (Wildman–Crippen LogP) is 1.10. The molecule has 1 heterocycles. The van der Waals surface area contributed by atoms with Gasteiger partial charge in [-0.15, -0.1) is 0 Å². The van der Waals surface area contributed by atoms with Crippen molar-refractivity contribution in [2.75, 3.05) is 17.4 Å². The third-order valence-corrected chi connectivity index (χ3v) is 4.89. The van der Waals surface area contributed by atoms with Crippen LogP contribution in [0.15, 0.2) is 41.6 Å². The van der Waals surface area contributed by atoms with Crippen LogP contribution in [0.25, 0.3) is 0 Å². The number of nitrogens with two attached hydrogens (primary N) is 1. The molecule has 0 aliphatic carbocycles. The van der Waals surface area contributed by atoms with Gasteiger partial charge in [-0.3, -0.25) is 8.99 Å². The van der Waals surface area contributed by atoms with Crippen LogP contribution in [0.1, 0.15) is 6.42 Å². The highest BCUT2D eigenvalue weighted by molar-refractivity contribution is 7.92. The Hall–Kier alpha value is -1.93. The number of rotatable bonds is 6. The average Bonchev–Trinajstić information content (AvgIpc) is 2.86. The maximum atomic E-state index is 13.4. The molecule has 0 atom stereocenters. The van der Waals surface area contributed by atoms with Gasteiger partial charge < -0.3 is 5.73 Å². The van der Waals surface area contributed by atoms with Gasteiger partial charge in [0.05, 0.1) is 11.9 Å². The van der Waals surface area contributed by atoms with Crippen molar-refractivity contribution < 1.29 is 12.8 Å². The maximum absolute atomic E-state index is 13.4. The highest BCUT2D eigenvalue weighted by Gasteiger charge is 2.27. The zero-order valence-corrected chi connectivity index (χ0v) is 12.4. The van der Waals surface area contributed by atoms with Crippen LogP contribution in [0.3, 0.4) is 0 Å². The van der Waals surface area contributed by atoms with Gasteiger partial charge in [0.15, 0.2) is 5.03 Å². The van der Waals surface area contributed by atoms with Crippen molar-refractivity contribution in [1.82, 2.24) is 9.78 Å². The van der Waals surface area contributed by atoms with E-state index in [1.165, 1.54) is 35.1 Å². The molecule has 0 aliphatic rings. The summed E-state index contributed by atoms with van der Waals surface area (Å²) < 4.78 is 41.3. The molecule has 0 unspecified atom stereocenters. The van der Waals surface area contributed by atoms with Crippen LogP contribution in [0.2, 0.25) is 0 Å². The average molecular weight is 312 g/mol. The Morgan fingerprint density at radius 3 is 2.71 bits per heavy atom. The summed E-state index contributed by atoms with van der Waals surface area (Å²) in [6.45, 7) is 0.514. The number of nitrogens with zero attached hydrogens (tertiary/aromatic N) is 3. The number of hydrogen-bond acceptors (Lipinski definition) is 4. The lowest BCUT2D eigenvalue weighted by Gasteiger charge is -2.24. The first-order valence-corrected chi connectivity index (χ1v) is 7.87. The van der Waals surface area contributed by atoms with Gasteiger partial charge in [0.1, 0.15) is 5.82 Å². The lowest BCUT2D eigenvalue weighted by atomic mass is 10.3. The Kier molecular flexibility index (Phi) is 4.59. The summed E-state index contributed by atoms with van der Waals surface area (Å²) in [7, 11) is -2.28. The fourth-order valence-corrected chi connectivity index (χ4v) is 3.58. The molecular formula is C13H17FN4O2S. The summed E-state index contributed by atoms with van der Waals surface area (Å²) in [5, 5.41) is 3.91. The maximum Gasteiger partial charge on any atom is 0.281 e. The standard InChI is InChI=1S/C13H17FN4O2S/c1-17-13(6-8-16-17)21(19,20)18(9-3-7-15)12-5-2-4-11(14)10-12/h2,4-6,8,10H,3,7,9,15H2,1H3. The molecule has 2 rings (SSSR count). The van der Waals surface area contributed by atoms with Crippen LogP contribution in [0.4, 0.5) is 10.1 Å². The molecule has 0 saturated carbocycles. The summed E-state index contributed by atoms with van der Waals surface area (Å²) in [5.74, 6) is -0.495. The molecule has 21 heavy (non-hydrogen) atoms. The Balaban J connectivity index is 2.48. The Bertz CT molecular complexity index is 714. The first kappa shape index (κ1) is 15.5. The highest BCUT2D eigenvalue weighted by atomic mass is 32.2. The van der Waals surface area contributed by atoms with Gasteiger partial charge in [-0.2, -0.15) is 13.5 Å². The second-order valence-corrected chi connectivity index (χ2v) is 6.30. The summed E-state index contributed by atoms with van der Waals surface area (Å²) in [6.07, 6.45) is 1.87. The molecule has 114 valence electrons. The van der Waals surface area contributed by atoms with Crippen LogP contribution in [-0.4, -0.2) is 31.3 Å². The molecule has 6 nitrogen and oxygen atoms in total. The minimum absolute atomic E-state index is 0.0452. The number of aryl methyl sites for hydroxylation is 1. The van der Waals surface area contributed by atoms with Crippen LogP contribution in [-0.2, 0) is 17.1 Å². The minimum Gasteiger partial charge on any atom is -0.330 e. The zero-order chi connectivity index (χ0) is 15.5. The molecule has 0 fully saturated rings. The first-order chi connectivity index (χ1) is 9.96. The summed E-state index contributed by atoms with van der Waals surface area (Å²) in [4.78, 5) is 0. The van der Waals surface area contributed by atoms with Crippen LogP contribution in [0.5, 0.6) is 0 Å². The topological polar surface area (TPSA) is 81.2 Å². The number of benzene rings is 1. The largest absolute Gasteiger partial charge is 0.330 e. The van der Waals surface area contributed by atoms with E-state index in [2.05, 4.69) is 5.10 Å². The molecule has 1 aromatic heterocycles. The third kappa shape index (κ3) is 3.22. The molecule has 0 amide bonds. The fourth-order valence-electron chi connectivity index (χ4n) is 1.98. The summed E-state index contributed by atoms with van der Waals surface area (Å²) in [5.41, 5.74) is 5.73. The van der Waals surface area contributed by atoms with Crippen molar-refractivity contribution >= 4 is 15.7 Å². The van der Waals surface area contributed by atoms with Gasteiger partial charge in [0.25, 0.3) is 10.0 Å². The van der Waals surface area contributed by atoms with Crippen LogP contribution >= 0.6 is 0 Å². The SMILES string of the molecule is Cn1nccc1S(=O)(=O)N(CCCN)c1cccc(F)c1. The number of anilines is 1. The highest BCUT2D eigenvalue weighted by Crippen LogP contribution is 2.24. The number of hydrogen-bond donors (Lipinski definition) is 1. The monoisotopic (exact) mass is 312 g/mol. The second-order valence-electron chi connectivity index (χ2n) is 4.49. The molecule has 0 saturated heterocycles. The quantitative estimate of drug-likeness (QED) is 0.866. The van der Waals surface area contributed by atoms with Crippen molar-refractivity contribution in [2.45, 2.75) is 11.4 Å². The summed E-state index contributed by atoms with van der Waals surface area (Å²) in [6, 6.07) is 6.88. The molecule has 2 N–H and O–H groups in total. The van der Waals surface area contributed by atoms with E-state index in [1.807, 2.05) is 0 Å². The summed E-state index contributed by atoms with van der Waals surface area (Å²) >= 11 is 0. The van der Waals surface area contributed by atoms with Crippen molar-refractivity contribution in [2.24, 2.45) is 12.8 Å². The molecule has 0 bridgehead atoms. The van der Waals surface area contributed by atoms with Crippen LogP contribution in [0, 0.1) is 5.82 Å². The zero-order valence-electron chi connectivity index (χ0n) is 11.6. The van der Waals surface area contributed by atoms with E-state index in [4.69, 9.17) is 5.73 Å². The van der Waals surface area contributed by atoms with E-state index >= 15 is 0 Å². The van der Waals surface area contributed by atoms with Gasteiger partial charge in [0.2, 0.25) is 0 Å². The van der Waals surface area contributed by atoms with E-state index in [9.17, 15) is 12.8 Å². The molecular weight excluding hydrogens is 295 g/mol. The van der Waals surface area contributed by atoms with E-state index < -0.39 is 15.8 Å². The minimum atomic E-state index is -3.82. The third-order valence-electron chi connectivity index (χ3n) is 2.99. The smallest absolute Gasteiger partial charge is 0.281 e.